The molecule has 2 heterocycles. The summed E-state index contributed by atoms with van der Waals surface area (Å²) in [6.07, 6.45) is 5.92. The van der Waals surface area contributed by atoms with Crippen LogP contribution in [0, 0.1) is 5.92 Å². The lowest BCUT2D eigenvalue weighted by atomic mass is 9.98. The largest absolute Gasteiger partial charge is 0.339 e. The first-order valence-corrected chi connectivity index (χ1v) is 8.17. The van der Waals surface area contributed by atoms with Crippen LogP contribution in [0.15, 0.2) is 22.0 Å². The molecule has 0 saturated carbocycles. The SMILES string of the molecule is CNCC1CCCN(C(=O)C=Cc2ccc(Br)s2)C1.Cl. The number of rotatable bonds is 4. The molecule has 1 aliphatic rings. The number of likely N-dealkylation sites (tertiary alicyclic amines) is 1. The van der Waals surface area contributed by atoms with Gasteiger partial charge in [0.1, 0.15) is 0 Å². The zero-order valence-corrected chi connectivity index (χ0v) is 14.7. The molecule has 20 heavy (non-hydrogen) atoms. The van der Waals surface area contributed by atoms with E-state index < -0.39 is 0 Å². The average molecular weight is 380 g/mol. The second-order valence-electron chi connectivity index (χ2n) is 4.83. The third kappa shape index (κ3) is 5.20. The van der Waals surface area contributed by atoms with Gasteiger partial charge >= 0.3 is 0 Å². The molecule has 3 nitrogen and oxygen atoms in total. The zero-order chi connectivity index (χ0) is 13.7. The van der Waals surface area contributed by atoms with Crippen LogP contribution in [0.3, 0.4) is 0 Å². The first kappa shape index (κ1) is 17.7. The molecule has 1 atom stereocenters. The van der Waals surface area contributed by atoms with Crippen molar-refractivity contribution in [2.24, 2.45) is 5.92 Å². The van der Waals surface area contributed by atoms with Crippen molar-refractivity contribution in [3.05, 3.63) is 26.9 Å². The fourth-order valence-electron chi connectivity index (χ4n) is 2.40. The van der Waals surface area contributed by atoms with E-state index in [1.54, 1.807) is 17.4 Å². The Morgan fingerprint density at radius 1 is 1.60 bits per heavy atom. The number of hydrogen-bond acceptors (Lipinski definition) is 3. The number of hydrogen-bond donors (Lipinski definition) is 1. The summed E-state index contributed by atoms with van der Waals surface area (Å²) >= 11 is 5.06. The lowest BCUT2D eigenvalue weighted by molar-refractivity contribution is -0.127. The maximum atomic E-state index is 12.1. The smallest absolute Gasteiger partial charge is 0.246 e. The summed E-state index contributed by atoms with van der Waals surface area (Å²) in [4.78, 5) is 15.2. The van der Waals surface area contributed by atoms with Crippen LogP contribution < -0.4 is 5.32 Å². The fourth-order valence-corrected chi connectivity index (χ4v) is 3.72. The number of carbonyl (C=O) groups excluding carboxylic acids is 1. The van der Waals surface area contributed by atoms with Crippen LogP contribution in [0.4, 0.5) is 0 Å². The molecular weight excluding hydrogens is 360 g/mol. The highest BCUT2D eigenvalue weighted by Gasteiger charge is 2.21. The van der Waals surface area contributed by atoms with Crippen molar-refractivity contribution in [1.29, 1.82) is 0 Å². The van der Waals surface area contributed by atoms with E-state index in [9.17, 15) is 4.79 Å². The van der Waals surface area contributed by atoms with Crippen molar-refractivity contribution in [1.82, 2.24) is 10.2 Å². The van der Waals surface area contributed by atoms with Gasteiger partial charge in [0.15, 0.2) is 0 Å². The van der Waals surface area contributed by atoms with Gasteiger partial charge in [0, 0.05) is 24.0 Å². The number of carbonyl (C=O) groups is 1. The first-order chi connectivity index (χ1) is 9.19. The van der Waals surface area contributed by atoms with Gasteiger partial charge in [-0.25, -0.2) is 0 Å². The Hall–Kier alpha value is -0.360. The Bertz CT molecular complexity index is 462. The number of piperidine rings is 1. The van der Waals surface area contributed by atoms with Crippen LogP contribution in [0.25, 0.3) is 6.08 Å². The molecule has 1 aromatic heterocycles. The van der Waals surface area contributed by atoms with E-state index in [0.717, 1.165) is 34.7 Å². The van der Waals surface area contributed by atoms with Crippen LogP contribution in [0.2, 0.25) is 0 Å². The lowest BCUT2D eigenvalue weighted by Crippen LogP contribution is -2.41. The van der Waals surface area contributed by atoms with Crippen molar-refractivity contribution in [3.63, 3.8) is 0 Å². The number of amides is 1. The summed E-state index contributed by atoms with van der Waals surface area (Å²) in [7, 11) is 1.97. The second-order valence-corrected chi connectivity index (χ2v) is 7.32. The minimum Gasteiger partial charge on any atom is -0.339 e. The second kappa shape index (κ2) is 8.82. The molecule has 1 saturated heterocycles. The lowest BCUT2D eigenvalue weighted by Gasteiger charge is -2.32. The summed E-state index contributed by atoms with van der Waals surface area (Å²) in [5, 5.41) is 3.20. The van der Waals surface area contributed by atoms with Gasteiger partial charge in [0.2, 0.25) is 5.91 Å². The Labute approximate surface area is 139 Å². The fraction of sp³-hybridized carbons (Fsp3) is 0.500. The number of halogens is 2. The Balaban J connectivity index is 0.00000200. The van der Waals surface area contributed by atoms with E-state index in [0.29, 0.717) is 5.92 Å². The first-order valence-electron chi connectivity index (χ1n) is 6.56. The van der Waals surface area contributed by atoms with Crippen molar-refractivity contribution in [3.8, 4) is 0 Å². The molecule has 1 N–H and O–H groups in total. The van der Waals surface area contributed by atoms with Gasteiger partial charge in [-0.15, -0.1) is 23.7 Å². The monoisotopic (exact) mass is 378 g/mol. The molecule has 1 unspecified atom stereocenters. The highest BCUT2D eigenvalue weighted by molar-refractivity contribution is 9.11. The van der Waals surface area contributed by atoms with E-state index >= 15 is 0 Å². The molecular formula is C14H20BrClN2OS. The predicted octanol–water partition coefficient (Wildman–Crippen LogP) is 3.40. The van der Waals surface area contributed by atoms with Gasteiger partial charge in [0.25, 0.3) is 0 Å². The Morgan fingerprint density at radius 3 is 3.05 bits per heavy atom. The number of thiophene rings is 1. The summed E-state index contributed by atoms with van der Waals surface area (Å²) in [6.45, 7) is 2.75. The maximum absolute atomic E-state index is 12.1. The summed E-state index contributed by atoms with van der Waals surface area (Å²) < 4.78 is 1.09. The van der Waals surface area contributed by atoms with Crippen LogP contribution in [0.1, 0.15) is 17.7 Å². The zero-order valence-electron chi connectivity index (χ0n) is 11.5. The average Bonchev–Trinajstić information content (AvgIpc) is 2.82. The van der Waals surface area contributed by atoms with E-state index in [1.807, 2.05) is 30.2 Å². The molecule has 0 spiro atoms. The van der Waals surface area contributed by atoms with Gasteiger partial charge in [0.05, 0.1) is 3.79 Å². The van der Waals surface area contributed by atoms with Crippen molar-refractivity contribution < 1.29 is 4.79 Å². The van der Waals surface area contributed by atoms with E-state index in [4.69, 9.17) is 0 Å². The normalized spacial score (nSPS) is 19.1. The molecule has 0 aromatic carbocycles. The quantitative estimate of drug-likeness (QED) is 0.813. The molecule has 1 aliphatic heterocycles. The standard InChI is InChI=1S/C14H19BrN2OS.ClH/c1-16-9-11-3-2-8-17(10-11)14(18)7-5-12-4-6-13(15)19-12;/h4-7,11,16H,2-3,8-10H2,1H3;1H. The third-order valence-electron chi connectivity index (χ3n) is 3.31. The Morgan fingerprint density at radius 2 is 2.40 bits per heavy atom. The van der Waals surface area contributed by atoms with Gasteiger partial charge in [-0.1, -0.05) is 0 Å². The van der Waals surface area contributed by atoms with Gasteiger partial charge < -0.3 is 10.2 Å². The summed E-state index contributed by atoms with van der Waals surface area (Å²) in [6, 6.07) is 4.01. The molecule has 112 valence electrons. The molecule has 0 radical (unpaired) electrons. The third-order valence-corrected chi connectivity index (χ3v) is 4.90. The van der Waals surface area contributed by atoms with Crippen molar-refractivity contribution >= 4 is 51.7 Å². The Kier molecular flexibility index (Phi) is 7.80. The van der Waals surface area contributed by atoms with Gasteiger partial charge in [-0.3, -0.25) is 4.79 Å². The molecule has 2 rings (SSSR count). The minimum absolute atomic E-state index is 0. The predicted molar refractivity (Wildman–Crippen MR) is 91.5 cm³/mol. The number of nitrogens with zero attached hydrogens (tertiary/aromatic N) is 1. The van der Waals surface area contributed by atoms with Crippen LogP contribution in [-0.4, -0.2) is 37.5 Å². The van der Waals surface area contributed by atoms with Crippen molar-refractivity contribution in [2.45, 2.75) is 12.8 Å². The topological polar surface area (TPSA) is 32.3 Å². The highest BCUT2D eigenvalue weighted by Crippen LogP contribution is 2.23. The van der Waals surface area contributed by atoms with E-state index in [1.165, 1.54) is 6.42 Å². The molecule has 1 amide bonds. The summed E-state index contributed by atoms with van der Waals surface area (Å²) in [5.74, 6) is 0.720. The van der Waals surface area contributed by atoms with Gasteiger partial charge in [-0.2, -0.15) is 0 Å². The van der Waals surface area contributed by atoms with Crippen LogP contribution >= 0.6 is 39.7 Å². The maximum Gasteiger partial charge on any atom is 0.246 e. The molecule has 1 aromatic rings. The number of nitrogens with one attached hydrogen (secondary N) is 1. The van der Waals surface area contributed by atoms with E-state index in [2.05, 4.69) is 21.2 Å². The van der Waals surface area contributed by atoms with E-state index in [-0.39, 0.29) is 18.3 Å². The molecule has 0 bridgehead atoms. The van der Waals surface area contributed by atoms with Crippen LogP contribution in [-0.2, 0) is 4.79 Å². The molecule has 0 aliphatic carbocycles. The van der Waals surface area contributed by atoms with Crippen LogP contribution in [0.5, 0.6) is 0 Å². The molecule has 6 heteroatoms. The molecule has 1 fully saturated rings. The minimum atomic E-state index is 0. The summed E-state index contributed by atoms with van der Waals surface area (Å²) in [5.41, 5.74) is 0. The van der Waals surface area contributed by atoms with Crippen molar-refractivity contribution in [2.75, 3.05) is 26.7 Å². The highest BCUT2D eigenvalue weighted by atomic mass is 79.9. The van der Waals surface area contributed by atoms with Gasteiger partial charge in [-0.05, 0) is 66.5 Å².